The van der Waals surface area contributed by atoms with Gasteiger partial charge in [-0.05, 0) is 48.0 Å². The summed E-state index contributed by atoms with van der Waals surface area (Å²) in [5.41, 5.74) is 1.61. The summed E-state index contributed by atoms with van der Waals surface area (Å²) < 4.78 is 13.4. The third-order valence-electron chi connectivity index (χ3n) is 6.87. The molecule has 2 heterocycles. The Kier molecular flexibility index (Phi) is 6.99. The molecule has 3 aromatic rings. The maximum Gasteiger partial charge on any atom is 0.410 e. The maximum atomic E-state index is 13.2. The Bertz CT molecular complexity index is 1190. The lowest BCUT2D eigenvalue weighted by atomic mass is 10.2. The molecule has 0 radical (unpaired) electrons. The molecule has 2 atom stereocenters. The molecule has 0 N–H and O–H groups in total. The third-order valence-corrected chi connectivity index (χ3v) is 12.5. The summed E-state index contributed by atoms with van der Waals surface area (Å²) >= 11 is 1.59. The zero-order chi connectivity index (χ0) is 25.4. The first-order valence-corrected chi connectivity index (χ1v) is 15.4. The van der Waals surface area contributed by atoms with E-state index in [1.165, 1.54) is 12.1 Å². The van der Waals surface area contributed by atoms with Crippen molar-refractivity contribution in [1.29, 1.82) is 0 Å². The number of nitro benzene ring substituents is 1. The van der Waals surface area contributed by atoms with Crippen molar-refractivity contribution < 1.29 is 18.9 Å². The van der Waals surface area contributed by atoms with Crippen molar-refractivity contribution in [1.82, 2.24) is 9.88 Å². The quantitative estimate of drug-likeness (QED) is 0.207. The topological polar surface area (TPSA) is 94.8 Å². The minimum absolute atomic E-state index is 0.00106. The van der Waals surface area contributed by atoms with E-state index in [9.17, 15) is 14.9 Å². The zero-order valence-electron chi connectivity index (χ0n) is 20.7. The minimum Gasteiger partial charge on any atom is -0.445 e. The molecule has 4 rings (SSSR count). The van der Waals surface area contributed by atoms with Gasteiger partial charge in [-0.2, -0.15) is 0 Å². The predicted molar refractivity (Wildman–Crippen MR) is 139 cm³/mol. The molecule has 0 unspecified atom stereocenters. The highest BCUT2D eigenvalue weighted by Gasteiger charge is 2.45. The molecule has 1 aliphatic rings. The van der Waals surface area contributed by atoms with E-state index in [4.69, 9.17) is 14.1 Å². The Labute approximate surface area is 210 Å². The smallest absolute Gasteiger partial charge is 0.410 e. The number of amides is 1. The van der Waals surface area contributed by atoms with E-state index in [0.29, 0.717) is 18.5 Å². The number of rotatable bonds is 6. The molecule has 1 fully saturated rings. The first-order chi connectivity index (χ1) is 16.4. The van der Waals surface area contributed by atoms with Crippen LogP contribution in [0.1, 0.15) is 43.8 Å². The Balaban J connectivity index is 1.53. The number of benzene rings is 2. The summed E-state index contributed by atoms with van der Waals surface area (Å²) in [5.74, 6) is 0. The normalized spacial score (nSPS) is 18.7. The van der Waals surface area contributed by atoms with Crippen LogP contribution in [0.4, 0.5) is 10.5 Å². The van der Waals surface area contributed by atoms with Crippen molar-refractivity contribution >= 4 is 41.7 Å². The number of likely N-dealkylation sites (tertiary alicyclic amines) is 1. The van der Waals surface area contributed by atoms with Crippen molar-refractivity contribution in [2.45, 2.75) is 64.1 Å². The Morgan fingerprint density at radius 2 is 1.89 bits per heavy atom. The number of ether oxygens (including phenoxy) is 1. The molecule has 1 aliphatic heterocycles. The average Bonchev–Trinajstić information content (AvgIpc) is 3.40. The molecule has 186 valence electrons. The van der Waals surface area contributed by atoms with E-state index < -0.39 is 19.3 Å². The Morgan fingerprint density at radius 1 is 1.20 bits per heavy atom. The molecule has 1 saturated heterocycles. The molecule has 1 aromatic heterocycles. The van der Waals surface area contributed by atoms with E-state index in [1.54, 1.807) is 28.4 Å². The number of thiazole rings is 1. The van der Waals surface area contributed by atoms with Gasteiger partial charge >= 0.3 is 6.09 Å². The molecule has 2 aromatic carbocycles. The van der Waals surface area contributed by atoms with Crippen LogP contribution in [-0.2, 0) is 15.8 Å². The Morgan fingerprint density at radius 3 is 2.51 bits per heavy atom. The van der Waals surface area contributed by atoms with Gasteiger partial charge in [0.1, 0.15) is 11.6 Å². The third kappa shape index (κ3) is 5.55. The van der Waals surface area contributed by atoms with Gasteiger partial charge in [-0.15, -0.1) is 11.3 Å². The first-order valence-electron chi connectivity index (χ1n) is 11.6. The lowest BCUT2D eigenvalue weighted by Gasteiger charge is -2.38. The van der Waals surface area contributed by atoms with Crippen LogP contribution in [0.25, 0.3) is 10.2 Å². The van der Waals surface area contributed by atoms with Gasteiger partial charge in [0, 0.05) is 25.1 Å². The molecule has 10 heteroatoms. The SMILES string of the molecule is CC(C)(C)[Si](C)(C)O[C@@H]1C[C@@H](c2nc3ccccc3s2)N(C(=O)OCc2ccc([N+](=O)[O-])cc2)C1. The fourth-order valence-electron chi connectivity index (χ4n) is 3.89. The van der Waals surface area contributed by atoms with Crippen LogP contribution >= 0.6 is 11.3 Å². The lowest BCUT2D eigenvalue weighted by Crippen LogP contribution is -2.44. The van der Waals surface area contributed by atoms with Gasteiger partial charge < -0.3 is 9.16 Å². The van der Waals surface area contributed by atoms with Crippen molar-refractivity contribution in [3.8, 4) is 0 Å². The van der Waals surface area contributed by atoms with Crippen LogP contribution in [0.5, 0.6) is 0 Å². The van der Waals surface area contributed by atoms with E-state index in [2.05, 4.69) is 33.9 Å². The number of aromatic nitrogens is 1. The summed E-state index contributed by atoms with van der Waals surface area (Å²) in [6.07, 6.45) is 0.132. The maximum absolute atomic E-state index is 13.2. The van der Waals surface area contributed by atoms with Gasteiger partial charge in [-0.25, -0.2) is 9.78 Å². The number of hydrogen-bond donors (Lipinski definition) is 0. The summed E-state index contributed by atoms with van der Waals surface area (Å²) in [5, 5.41) is 11.8. The van der Waals surface area contributed by atoms with Crippen LogP contribution in [0.15, 0.2) is 48.5 Å². The van der Waals surface area contributed by atoms with Crippen molar-refractivity contribution in [3.63, 3.8) is 0 Å². The Hall–Kier alpha value is -2.82. The standard InChI is InChI=1S/C25H31N3O5SSi/c1-25(2,3)35(4,5)33-19-14-21(23-26-20-8-6-7-9-22(20)34-23)27(15-19)24(29)32-16-17-10-12-18(13-11-17)28(30)31/h6-13,19,21H,14-16H2,1-5H3/t19-,21+/m1/s1. The number of carbonyl (C=O) groups is 1. The lowest BCUT2D eigenvalue weighted by molar-refractivity contribution is -0.384. The summed E-state index contributed by atoms with van der Waals surface area (Å²) in [7, 11) is -2.03. The second-order valence-electron chi connectivity index (χ2n) is 10.4. The highest BCUT2D eigenvalue weighted by molar-refractivity contribution is 7.18. The summed E-state index contributed by atoms with van der Waals surface area (Å²) in [6, 6.07) is 13.7. The van der Waals surface area contributed by atoms with Crippen LogP contribution in [0, 0.1) is 10.1 Å². The highest BCUT2D eigenvalue weighted by Crippen LogP contribution is 2.42. The van der Waals surface area contributed by atoms with Crippen LogP contribution < -0.4 is 0 Å². The average molecular weight is 514 g/mol. The van der Waals surface area contributed by atoms with Crippen molar-refractivity contribution in [2.24, 2.45) is 0 Å². The van der Waals surface area contributed by atoms with Crippen LogP contribution in [0.3, 0.4) is 0 Å². The second-order valence-corrected chi connectivity index (χ2v) is 16.2. The molecular weight excluding hydrogens is 482 g/mol. The molecule has 0 saturated carbocycles. The second kappa shape index (κ2) is 9.67. The highest BCUT2D eigenvalue weighted by atomic mass is 32.1. The molecule has 0 bridgehead atoms. The van der Waals surface area contributed by atoms with Gasteiger partial charge in [0.2, 0.25) is 0 Å². The number of carbonyl (C=O) groups excluding carboxylic acids is 1. The number of fused-ring (bicyclic) bond motifs is 1. The number of hydrogen-bond acceptors (Lipinski definition) is 7. The first kappa shape index (κ1) is 25.3. The van der Waals surface area contributed by atoms with Gasteiger partial charge in [0.15, 0.2) is 8.32 Å². The number of nitro groups is 1. The van der Waals surface area contributed by atoms with Crippen molar-refractivity contribution in [3.05, 3.63) is 69.2 Å². The van der Waals surface area contributed by atoms with Gasteiger partial charge in [-0.3, -0.25) is 15.0 Å². The monoisotopic (exact) mass is 513 g/mol. The fourth-order valence-corrected chi connectivity index (χ4v) is 6.34. The van der Waals surface area contributed by atoms with Gasteiger partial charge in [0.25, 0.3) is 5.69 Å². The van der Waals surface area contributed by atoms with Gasteiger partial charge in [-0.1, -0.05) is 32.9 Å². The number of para-hydroxylation sites is 1. The zero-order valence-corrected chi connectivity index (χ0v) is 22.5. The molecule has 0 aliphatic carbocycles. The van der Waals surface area contributed by atoms with E-state index in [1.807, 2.05) is 24.3 Å². The molecule has 35 heavy (non-hydrogen) atoms. The van der Waals surface area contributed by atoms with E-state index >= 15 is 0 Å². The minimum atomic E-state index is -2.03. The van der Waals surface area contributed by atoms with Crippen LogP contribution in [0.2, 0.25) is 18.1 Å². The van der Waals surface area contributed by atoms with E-state index in [-0.39, 0.29) is 29.5 Å². The van der Waals surface area contributed by atoms with E-state index in [0.717, 1.165) is 15.2 Å². The molecule has 8 nitrogen and oxygen atoms in total. The van der Waals surface area contributed by atoms with Crippen molar-refractivity contribution in [2.75, 3.05) is 6.54 Å². The van der Waals surface area contributed by atoms with Crippen LogP contribution in [-0.4, -0.2) is 41.9 Å². The predicted octanol–water partition coefficient (Wildman–Crippen LogP) is 6.68. The van der Waals surface area contributed by atoms with Gasteiger partial charge in [0.05, 0.1) is 27.3 Å². The largest absolute Gasteiger partial charge is 0.445 e. The molecular formula is C25H31N3O5SSi. The summed E-state index contributed by atoms with van der Waals surface area (Å²) in [4.78, 5) is 30.2. The number of non-ortho nitro benzene ring substituents is 1. The molecule has 0 spiro atoms. The fraction of sp³-hybridized carbons (Fsp3) is 0.440. The number of nitrogens with zero attached hydrogens (tertiary/aromatic N) is 3. The molecule has 1 amide bonds. The summed E-state index contributed by atoms with van der Waals surface area (Å²) in [6.45, 7) is 11.5.